The molecule has 0 aromatic heterocycles. The molecule has 0 amide bonds. The molecule has 2 aromatic rings. The van der Waals surface area contributed by atoms with Gasteiger partial charge < -0.3 is 10.4 Å². The van der Waals surface area contributed by atoms with E-state index >= 15 is 0 Å². The summed E-state index contributed by atoms with van der Waals surface area (Å²) in [5, 5.41) is 13.0. The maximum Gasteiger partial charge on any atom is 0.115 e. The summed E-state index contributed by atoms with van der Waals surface area (Å²) in [7, 11) is 0. The van der Waals surface area contributed by atoms with Gasteiger partial charge in [0, 0.05) is 37.6 Å². The second-order valence-electron chi connectivity index (χ2n) is 7.35. The van der Waals surface area contributed by atoms with Gasteiger partial charge in [0.15, 0.2) is 0 Å². The van der Waals surface area contributed by atoms with Gasteiger partial charge in [-0.15, -0.1) is 0 Å². The summed E-state index contributed by atoms with van der Waals surface area (Å²) < 4.78 is 0. The smallest absolute Gasteiger partial charge is 0.115 e. The van der Waals surface area contributed by atoms with Crippen LogP contribution in [0.2, 0.25) is 0 Å². The van der Waals surface area contributed by atoms with Crippen molar-refractivity contribution in [3.05, 3.63) is 65.7 Å². The Morgan fingerprint density at radius 3 is 2.50 bits per heavy atom. The lowest BCUT2D eigenvalue weighted by Crippen LogP contribution is -2.54. The molecule has 1 saturated carbocycles. The Kier molecular flexibility index (Phi) is 4.30. The number of hydrogen-bond acceptors (Lipinski definition) is 3. The first-order chi connectivity index (χ1) is 11.8. The number of hydrogen-bond donors (Lipinski definition) is 2. The predicted octanol–water partition coefficient (Wildman–Crippen LogP) is 2.94. The van der Waals surface area contributed by atoms with Crippen LogP contribution in [0.1, 0.15) is 24.0 Å². The highest BCUT2D eigenvalue weighted by atomic mass is 16.3. The average molecular weight is 322 g/mol. The molecule has 3 nitrogen and oxygen atoms in total. The van der Waals surface area contributed by atoms with Crippen LogP contribution in [0.3, 0.4) is 0 Å². The zero-order valence-electron chi connectivity index (χ0n) is 14.1. The van der Waals surface area contributed by atoms with Crippen LogP contribution in [-0.4, -0.2) is 42.2 Å². The van der Waals surface area contributed by atoms with E-state index in [1.807, 2.05) is 12.1 Å². The van der Waals surface area contributed by atoms with Crippen molar-refractivity contribution in [2.24, 2.45) is 0 Å². The summed E-state index contributed by atoms with van der Waals surface area (Å²) in [5.74, 6) is 0.346. The Morgan fingerprint density at radius 1 is 1.04 bits per heavy atom. The topological polar surface area (TPSA) is 35.5 Å². The molecule has 3 heteroatoms. The molecular weight excluding hydrogens is 296 g/mol. The molecule has 1 aliphatic carbocycles. The quantitative estimate of drug-likeness (QED) is 0.888. The van der Waals surface area contributed by atoms with Crippen molar-refractivity contribution < 1.29 is 5.11 Å². The molecule has 2 N–H and O–H groups in total. The number of nitrogens with zero attached hydrogens (tertiary/aromatic N) is 1. The monoisotopic (exact) mass is 322 g/mol. The van der Waals surface area contributed by atoms with Crippen molar-refractivity contribution in [3.8, 4) is 5.75 Å². The van der Waals surface area contributed by atoms with E-state index in [2.05, 4.69) is 40.5 Å². The number of benzene rings is 2. The lowest BCUT2D eigenvalue weighted by molar-refractivity contribution is 0.146. The number of phenolic OH excluding ortho intramolecular Hbond substituents is 1. The maximum atomic E-state index is 9.48. The summed E-state index contributed by atoms with van der Waals surface area (Å²) in [6.07, 6.45) is 3.66. The van der Waals surface area contributed by atoms with E-state index in [0.717, 1.165) is 26.1 Å². The molecule has 1 aliphatic heterocycles. The van der Waals surface area contributed by atoms with E-state index in [-0.39, 0.29) is 0 Å². The lowest BCUT2D eigenvalue weighted by atomic mass is 9.93. The molecule has 24 heavy (non-hydrogen) atoms. The SMILES string of the molecule is Oc1ccc(C[C@H]2CNCCN2CC2(c3ccccc3)CC2)cc1. The Balaban J connectivity index is 1.47. The lowest BCUT2D eigenvalue weighted by Gasteiger charge is -2.39. The predicted molar refractivity (Wildman–Crippen MR) is 97.4 cm³/mol. The fourth-order valence-corrected chi connectivity index (χ4v) is 3.99. The summed E-state index contributed by atoms with van der Waals surface area (Å²) in [4.78, 5) is 2.68. The third kappa shape index (κ3) is 3.33. The Hall–Kier alpha value is -1.84. The second-order valence-corrected chi connectivity index (χ2v) is 7.35. The molecule has 4 rings (SSSR count). The van der Waals surface area contributed by atoms with Gasteiger partial charge in [0.2, 0.25) is 0 Å². The van der Waals surface area contributed by atoms with E-state index in [9.17, 15) is 5.11 Å². The summed E-state index contributed by atoms with van der Waals surface area (Å²) in [5.41, 5.74) is 3.19. The number of piperazine rings is 1. The molecule has 2 aliphatic rings. The second kappa shape index (κ2) is 6.58. The molecule has 0 radical (unpaired) electrons. The van der Waals surface area contributed by atoms with Gasteiger partial charge >= 0.3 is 0 Å². The van der Waals surface area contributed by atoms with Gasteiger partial charge in [0.05, 0.1) is 0 Å². The summed E-state index contributed by atoms with van der Waals surface area (Å²) in [6.45, 7) is 4.42. The average Bonchev–Trinajstić information content (AvgIpc) is 3.40. The van der Waals surface area contributed by atoms with Crippen LogP contribution in [0.5, 0.6) is 5.75 Å². The van der Waals surface area contributed by atoms with Crippen LogP contribution in [0, 0.1) is 0 Å². The first-order valence-electron chi connectivity index (χ1n) is 9.03. The number of phenols is 1. The van der Waals surface area contributed by atoms with Crippen LogP contribution in [0.25, 0.3) is 0 Å². The van der Waals surface area contributed by atoms with Gasteiger partial charge in [-0.2, -0.15) is 0 Å². The zero-order chi connectivity index (χ0) is 16.4. The molecule has 2 fully saturated rings. The van der Waals surface area contributed by atoms with Gasteiger partial charge in [0.1, 0.15) is 5.75 Å². The molecule has 0 unspecified atom stereocenters. The molecule has 0 spiro atoms. The number of nitrogens with one attached hydrogen (secondary N) is 1. The van der Waals surface area contributed by atoms with Gasteiger partial charge in [-0.05, 0) is 42.5 Å². The van der Waals surface area contributed by atoms with Crippen molar-refractivity contribution >= 4 is 0 Å². The summed E-state index contributed by atoms with van der Waals surface area (Å²) >= 11 is 0. The maximum absolute atomic E-state index is 9.48. The molecule has 1 saturated heterocycles. The normalized spacial score (nSPS) is 23.1. The standard InChI is InChI=1S/C21H26N2O/c24-20-8-6-17(7-9-20)14-19-15-22-12-13-23(19)16-21(10-11-21)18-4-2-1-3-5-18/h1-9,19,22,24H,10-16H2/t19-/m0/s1. The third-order valence-corrected chi connectivity index (χ3v) is 5.63. The highest BCUT2D eigenvalue weighted by Gasteiger charge is 2.46. The number of aromatic hydroxyl groups is 1. The van der Waals surface area contributed by atoms with Crippen molar-refractivity contribution in [1.82, 2.24) is 10.2 Å². The highest BCUT2D eigenvalue weighted by molar-refractivity contribution is 5.32. The van der Waals surface area contributed by atoms with Crippen LogP contribution in [0.4, 0.5) is 0 Å². The van der Waals surface area contributed by atoms with Crippen LogP contribution in [0.15, 0.2) is 54.6 Å². The first kappa shape index (κ1) is 15.7. The van der Waals surface area contributed by atoms with E-state index in [1.165, 1.54) is 30.5 Å². The van der Waals surface area contributed by atoms with E-state index < -0.39 is 0 Å². The molecular formula is C21H26N2O. The van der Waals surface area contributed by atoms with Gasteiger partial charge in [-0.3, -0.25) is 4.90 Å². The minimum atomic E-state index is 0.346. The highest BCUT2D eigenvalue weighted by Crippen LogP contribution is 2.49. The zero-order valence-corrected chi connectivity index (χ0v) is 14.1. The van der Waals surface area contributed by atoms with Crippen molar-refractivity contribution in [2.45, 2.75) is 30.7 Å². The fraction of sp³-hybridized carbons (Fsp3) is 0.429. The molecule has 1 atom stereocenters. The van der Waals surface area contributed by atoms with Crippen molar-refractivity contribution in [3.63, 3.8) is 0 Å². The third-order valence-electron chi connectivity index (χ3n) is 5.63. The molecule has 1 heterocycles. The van der Waals surface area contributed by atoms with E-state index in [0.29, 0.717) is 17.2 Å². The van der Waals surface area contributed by atoms with E-state index in [1.54, 1.807) is 12.1 Å². The van der Waals surface area contributed by atoms with Crippen LogP contribution in [-0.2, 0) is 11.8 Å². The van der Waals surface area contributed by atoms with Crippen LogP contribution < -0.4 is 5.32 Å². The van der Waals surface area contributed by atoms with Crippen molar-refractivity contribution in [1.29, 1.82) is 0 Å². The molecule has 2 aromatic carbocycles. The van der Waals surface area contributed by atoms with Gasteiger partial charge in [-0.1, -0.05) is 42.5 Å². The minimum Gasteiger partial charge on any atom is -0.508 e. The number of rotatable bonds is 5. The molecule has 126 valence electrons. The van der Waals surface area contributed by atoms with Gasteiger partial charge in [-0.25, -0.2) is 0 Å². The Morgan fingerprint density at radius 2 is 1.79 bits per heavy atom. The van der Waals surface area contributed by atoms with Crippen molar-refractivity contribution in [2.75, 3.05) is 26.2 Å². The fourth-order valence-electron chi connectivity index (χ4n) is 3.99. The summed E-state index contributed by atoms with van der Waals surface area (Å²) in [6, 6.07) is 19.3. The van der Waals surface area contributed by atoms with E-state index in [4.69, 9.17) is 0 Å². The first-order valence-corrected chi connectivity index (χ1v) is 9.03. The Bertz CT molecular complexity index is 664. The molecule has 0 bridgehead atoms. The van der Waals surface area contributed by atoms with Crippen LogP contribution >= 0.6 is 0 Å². The Labute approximate surface area is 144 Å². The largest absolute Gasteiger partial charge is 0.508 e. The minimum absolute atomic E-state index is 0.346. The van der Waals surface area contributed by atoms with Gasteiger partial charge in [0.25, 0.3) is 0 Å².